The van der Waals surface area contributed by atoms with Gasteiger partial charge in [-0.15, -0.1) is 0 Å². The van der Waals surface area contributed by atoms with Crippen LogP contribution in [-0.2, 0) is 4.79 Å². The maximum atomic E-state index is 11.9. The molecule has 0 saturated carbocycles. The number of amides is 1. The average molecular weight is 345 g/mol. The van der Waals surface area contributed by atoms with E-state index in [9.17, 15) is 9.59 Å². The molecular weight excluding hydrogens is 326 g/mol. The summed E-state index contributed by atoms with van der Waals surface area (Å²) in [6.07, 6.45) is 1.54. The Bertz CT molecular complexity index is 962. The fourth-order valence-electron chi connectivity index (χ4n) is 2.50. The molecule has 0 fully saturated rings. The Morgan fingerprint density at radius 2 is 1.69 bits per heavy atom. The molecule has 3 aromatic rings. The first-order valence-electron chi connectivity index (χ1n) is 8.27. The van der Waals surface area contributed by atoms with Gasteiger partial charge in [0.25, 0.3) is 5.91 Å². The number of hydrogen-bond donors (Lipinski definition) is 2. The molecule has 0 atom stereocenters. The van der Waals surface area contributed by atoms with Crippen LogP contribution in [0.25, 0.3) is 10.8 Å². The van der Waals surface area contributed by atoms with Gasteiger partial charge in [-0.25, -0.2) is 5.43 Å². The second-order valence-electron chi connectivity index (χ2n) is 5.89. The average Bonchev–Trinajstić information content (AvgIpc) is 2.66. The van der Waals surface area contributed by atoms with Crippen molar-refractivity contribution in [1.29, 1.82) is 0 Å². The van der Waals surface area contributed by atoms with E-state index in [-0.39, 0.29) is 18.2 Å². The highest BCUT2D eigenvalue weighted by Crippen LogP contribution is 2.18. The van der Waals surface area contributed by atoms with E-state index in [2.05, 4.69) is 15.8 Å². The number of Topliss-reactive ketones (excluding diaryl/α,β-unsaturated/α-hetero) is 1. The molecule has 0 aliphatic carbocycles. The van der Waals surface area contributed by atoms with Crippen LogP contribution in [0.1, 0.15) is 22.8 Å². The highest BCUT2D eigenvalue weighted by atomic mass is 16.2. The van der Waals surface area contributed by atoms with Gasteiger partial charge in [-0.05, 0) is 35.4 Å². The van der Waals surface area contributed by atoms with Gasteiger partial charge in [-0.1, -0.05) is 54.6 Å². The number of carbonyl (C=O) groups is 2. The van der Waals surface area contributed by atoms with E-state index in [0.29, 0.717) is 5.56 Å². The third kappa shape index (κ3) is 4.54. The number of carbonyl (C=O) groups excluding carboxylic acids is 2. The zero-order chi connectivity index (χ0) is 18.4. The van der Waals surface area contributed by atoms with Crippen LogP contribution < -0.4 is 10.7 Å². The molecule has 2 N–H and O–H groups in total. The van der Waals surface area contributed by atoms with E-state index in [0.717, 1.165) is 22.0 Å². The smallest absolute Gasteiger partial charge is 0.259 e. The monoisotopic (exact) mass is 345 g/mol. The molecule has 26 heavy (non-hydrogen) atoms. The Labute approximate surface area is 151 Å². The number of nitrogens with zero attached hydrogens (tertiary/aromatic N) is 1. The Morgan fingerprint density at radius 3 is 2.42 bits per heavy atom. The van der Waals surface area contributed by atoms with Crippen LogP contribution in [0.5, 0.6) is 0 Å². The SMILES string of the molecule is CC(=O)c1ccc(/C=N\NC(=O)CNc2ccc3ccccc3c2)cc1. The van der Waals surface area contributed by atoms with Crippen molar-refractivity contribution < 1.29 is 9.59 Å². The first kappa shape index (κ1) is 17.4. The van der Waals surface area contributed by atoms with E-state index >= 15 is 0 Å². The van der Waals surface area contributed by atoms with Gasteiger partial charge in [0.1, 0.15) is 0 Å². The summed E-state index contributed by atoms with van der Waals surface area (Å²) < 4.78 is 0. The summed E-state index contributed by atoms with van der Waals surface area (Å²) in [5.41, 5.74) is 4.80. The number of anilines is 1. The molecule has 0 unspecified atom stereocenters. The van der Waals surface area contributed by atoms with Gasteiger partial charge in [-0.2, -0.15) is 5.10 Å². The summed E-state index contributed by atoms with van der Waals surface area (Å²) >= 11 is 0. The van der Waals surface area contributed by atoms with Gasteiger partial charge in [-0.3, -0.25) is 9.59 Å². The van der Waals surface area contributed by atoms with Crippen molar-refractivity contribution in [2.75, 3.05) is 11.9 Å². The quantitative estimate of drug-likeness (QED) is 0.407. The summed E-state index contributed by atoms with van der Waals surface area (Å²) in [5, 5.41) is 9.28. The minimum Gasteiger partial charge on any atom is -0.376 e. The van der Waals surface area contributed by atoms with Crippen molar-refractivity contribution in [3.8, 4) is 0 Å². The molecule has 0 bridgehead atoms. The predicted molar refractivity (Wildman–Crippen MR) is 105 cm³/mol. The molecule has 0 aliphatic heterocycles. The van der Waals surface area contributed by atoms with Gasteiger partial charge in [0.2, 0.25) is 0 Å². The molecule has 0 spiro atoms. The van der Waals surface area contributed by atoms with Crippen molar-refractivity contribution in [2.24, 2.45) is 5.10 Å². The lowest BCUT2D eigenvalue weighted by Gasteiger charge is -2.06. The van der Waals surface area contributed by atoms with Gasteiger partial charge >= 0.3 is 0 Å². The summed E-state index contributed by atoms with van der Waals surface area (Å²) in [4.78, 5) is 23.1. The maximum Gasteiger partial charge on any atom is 0.259 e. The van der Waals surface area contributed by atoms with Crippen molar-refractivity contribution in [3.05, 3.63) is 77.9 Å². The number of hydrazone groups is 1. The van der Waals surface area contributed by atoms with Crippen molar-refractivity contribution in [2.45, 2.75) is 6.92 Å². The molecule has 0 heterocycles. The molecule has 1 amide bonds. The van der Waals surface area contributed by atoms with Crippen LogP contribution in [0.15, 0.2) is 71.8 Å². The van der Waals surface area contributed by atoms with Crippen LogP contribution in [0.2, 0.25) is 0 Å². The van der Waals surface area contributed by atoms with Crippen molar-refractivity contribution in [1.82, 2.24) is 5.43 Å². The normalized spacial score (nSPS) is 10.8. The highest BCUT2D eigenvalue weighted by Gasteiger charge is 2.01. The third-order valence-corrected chi connectivity index (χ3v) is 3.92. The molecule has 0 aliphatic rings. The topological polar surface area (TPSA) is 70.6 Å². The molecule has 3 rings (SSSR count). The zero-order valence-corrected chi connectivity index (χ0v) is 14.4. The number of ketones is 1. The van der Waals surface area contributed by atoms with Gasteiger partial charge in [0.05, 0.1) is 12.8 Å². The van der Waals surface area contributed by atoms with E-state index in [1.807, 2.05) is 42.5 Å². The standard InChI is InChI=1S/C21H19N3O2/c1-15(25)17-8-6-16(7-9-17)13-23-24-21(26)14-22-20-11-10-18-4-2-3-5-19(18)12-20/h2-13,22H,14H2,1H3,(H,24,26)/b23-13-. The molecule has 0 aromatic heterocycles. The third-order valence-electron chi connectivity index (χ3n) is 3.92. The number of hydrogen-bond acceptors (Lipinski definition) is 4. The Kier molecular flexibility index (Phi) is 5.39. The summed E-state index contributed by atoms with van der Waals surface area (Å²) in [6, 6.07) is 21.0. The highest BCUT2D eigenvalue weighted by molar-refractivity contribution is 5.95. The Balaban J connectivity index is 1.51. The lowest BCUT2D eigenvalue weighted by Crippen LogP contribution is -2.25. The number of benzene rings is 3. The van der Waals surface area contributed by atoms with E-state index < -0.39 is 0 Å². The number of fused-ring (bicyclic) bond motifs is 1. The second kappa shape index (κ2) is 8.07. The predicted octanol–water partition coefficient (Wildman–Crippen LogP) is 3.60. The largest absolute Gasteiger partial charge is 0.376 e. The summed E-state index contributed by atoms with van der Waals surface area (Å²) in [6.45, 7) is 1.64. The zero-order valence-electron chi connectivity index (χ0n) is 14.4. The van der Waals surface area contributed by atoms with Crippen LogP contribution in [0.3, 0.4) is 0 Å². The van der Waals surface area contributed by atoms with Crippen LogP contribution >= 0.6 is 0 Å². The van der Waals surface area contributed by atoms with Crippen LogP contribution in [0, 0.1) is 0 Å². The van der Waals surface area contributed by atoms with Gasteiger partial charge < -0.3 is 5.32 Å². The number of rotatable bonds is 6. The molecule has 130 valence electrons. The molecule has 5 nitrogen and oxygen atoms in total. The van der Waals surface area contributed by atoms with Crippen LogP contribution in [0.4, 0.5) is 5.69 Å². The molecule has 5 heteroatoms. The molecular formula is C21H19N3O2. The molecule has 0 saturated heterocycles. The first-order valence-corrected chi connectivity index (χ1v) is 8.27. The lowest BCUT2D eigenvalue weighted by atomic mass is 10.1. The van der Waals surface area contributed by atoms with E-state index in [1.54, 1.807) is 24.3 Å². The van der Waals surface area contributed by atoms with Gasteiger partial charge in [0.15, 0.2) is 5.78 Å². The minimum absolute atomic E-state index is 0.0153. The Hall–Kier alpha value is -3.47. The minimum atomic E-state index is -0.241. The molecule has 0 radical (unpaired) electrons. The van der Waals surface area contributed by atoms with E-state index in [1.165, 1.54) is 13.1 Å². The summed E-state index contributed by atoms with van der Waals surface area (Å²) in [7, 11) is 0. The fourth-order valence-corrected chi connectivity index (χ4v) is 2.50. The lowest BCUT2D eigenvalue weighted by molar-refractivity contribution is -0.119. The maximum absolute atomic E-state index is 11.9. The van der Waals surface area contributed by atoms with Crippen molar-refractivity contribution >= 4 is 34.4 Å². The van der Waals surface area contributed by atoms with E-state index in [4.69, 9.17) is 0 Å². The van der Waals surface area contributed by atoms with Crippen LogP contribution in [-0.4, -0.2) is 24.4 Å². The first-order chi connectivity index (χ1) is 12.6. The molecule has 3 aromatic carbocycles. The second-order valence-corrected chi connectivity index (χ2v) is 5.89. The van der Waals surface area contributed by atoms with Crippen molar-refractivity contribution in [3.63, 3.8) is 0 Å². The summed E-state index contributed by atoms with van der Waals surface area (Å²) in [5.74, 6) is -0.226. The van der Waals surface area contributed by atoms with Gasteiger partial charge in [0, 0.05) is 11.3 Å². The number of nitrogens with one attached hydrogen (secondary N) is 2. The Morgan fingerprint density at radius 1 is 0.962 bits per heavy atom. The fraction of sp³-hybridized carbons (Fsp3) is 0.0952.